The predicted molar refractivity (Wildman–Crippen MR) is 126 cm³/mol. The maximum absolute atomic E-state index is 14.2. The lowest BCUT2D eigenvalue weighted by molar-refractivity contribution is 0.637. The number of aromatic amines is 2. The molecule has 0 aliphatic carbocycles. The Bertz CT molecular complexity index is 1430. The molecule has 2 aromatic carbocycles. The van der Waals surface area contributed by atoms with E-state index in [1.54, 1.807) is 6.20 Å². The molecule has 7 nitrogen and oxygen atoms in total. The number of aryl methyl sites for hydroxylation is 3. The largest absolute Gasteiger partial charge is 0.370 e. The fourth-order valence-electron chi connectivity index (χ4n) is 4.16. The fraction of sp³-hybridized carbons (Fsp3) is 0.208. The molecule has 0 atom stereocenters. The summed E-state index contributed by atoms with van der Waals surface area (Å²) in [4.78, 5) is 12.2. The van der Waals surface area contributed by atoms with E-state index < -0.39 is 0 Å². The molecule has 8 heteroatoms. The van der Waals surface area contributed by atoms with Crippen LogP contribution < -0.4 is 10.6 Å². The molecule has 0 unspecified atom stereocenters. The molecule has 3 heterocycles. The van der Waals surface area contributed by atoms with Crippen LogP contribution in [0.5, 0.6) is 0 Å². The van der Waals surface area contributed by atoms with E-state index in [1.807, 2.05) is 51.1 Å². The van der Waals surface area contributed by atoms with Gasteiger partial charge in [-0.25, -0.2) is 14.4 Å². The van der Waals surface area contributed by atoms with Crippen molar-refractivity contribution in [2.75, 3.05) is 17.2 Å². The fourth-order valence-corrected chi connectivity index (χ4v) is 4.16. The van der Waals surface area contributed by atoms with Gasteiger partial charge in [0.15, 0.2) is 0 Å². The summed E-state index contributed by atoms with van der Waals surface area (Å²) in [6.45, 7) is 6.53. The SMILES string of the molecule is Cc1nc(NCCc2c(C)[nH]c3c(F)ccc(C)c23)cc(Nc2ccc3[nH]ncc3c2)n1. The lowest BCUT2D eigenvalue weighted by atomic mass is 10.0. The Labute approximate surface area is 184 Å². The zero-order valence-electron chi connectivity index (χ0n) is 18.2. The first-order valence-electron chi connectivity index (χ1n) is 10.5. The van der Waals surface area contributed by atoms with Crippen LogP contribution >= 0.6 is 0 Å². The number of aromatic nitrogens is 5. The molecule has 32 heavy (non-hydrogen) atoms. The number of fused-ring (bicyclic) bond motifs is 2. The van der Waals surface area contributed by atoms with Gasteiger partial charge in [0.25, 0.3) is 0 Å². The Hall–Kier alpha value is -3.94. The molecule has 0 fully saturated rings. The zero-order valence-corrected chi connectivity index (χ0v) is 18.2. The third kappa shape index (κ3) is 3.75. The van der Waals surface area contributed by atoms with Crippen LogP contribution in [0.15, 0.2) is 42.6 Å². The molecule has 3 aromatic heterocycles. The second kappa shape index (κ2) is 7.96. The first-order chi connectivity index (χ1) is 15.5. The van der Waals surface area contributed by atoms with Gasteiger partial charge in [-0.3, -0.25) is 5.10 Å². The first kappa shape index (κ1) is 20.0. The van der Waals surface area contributed by atoms with E-state index in [1.165, 1.54) is 6.07 Å². The second-order valence-electron chi connectivity index (χ2n) is 8.00. The summed E-state index contributed by atoms with van der Waals surface area (Å²) >= 11 is 0. The lowest BCUT2D eigenvalue weighted by Gasteiger charge is -2.11. The van der Waals surface area contributed by atoms with E-state index in [0.29, 0.717) is 23.7 Å². The van der Waals surface area contributed by atoms with Crippen LogP contribution in [0.25, 0.3) is 21.8 Å². The highest BCUT2D eigenvalue weighted by Gasteiger charge is 2.14. The monoisotopic (exact) mass is 429 g/mol. The molecule has 4 N–H and O–H groups in total. The molecule has 5 rings (SSSR count). The summed E-state index contributed by atoms with van der Waals surface area (Å²) in [6.07, 6.45) is 2.54. The van der Waals surface area contributed by atoms with Crippen molar-refractivity contribution in [1.29, 1.82) is 0 Å². The summed E-state index contributed by atoms with van der Waals surface area (Å²) in [6, 6.07) is 11.2. The smallest absolute Gasteiger partial charge is 0.147 e. The third-order valence-corrected chi connectivity index (χ3v) is 5.66. The Morgan fingerprint density at radius 1 is 1.00 bits per heavy atom. The Morgan fingerprint density at radius 3 is 2.72 bits per heavy atom. The summed E-state index contributed by atoms with van der Waals surface area (Å²) in [5.74, 6) is 1.90. The van der Waals surface area contributed by atoms with Crippen molar-refractivity contribution in [2.45, 2.75) is 27.2 Å². The number of hydrogen-bond acceptors (Lipinski definition) is 5. The van der Waals surface area contributed by atoms with Crippen LogP contribution in [-0.2, 0) is 6.42 Å². The number of halogens is 1. The molecule has 5 aromatic rings. The highest BCUT2D eigenvalue weighted by Crippen LogP contribution is 2.28. The van der Waals surface area contributed by atoms with Crippen LogP contribution in [0, 0.1) is 26.6 Å². The number of rotatable bonds is 6. The van der Waals surface area contributed by atoms with Crippen LogP contribution in [-0.4, -0.2) is 31.7 Å². The quantitative estimate of drug-likeness (QED) is 0.294. The van der Waals surface area contributed by atoms with Crippen molar-refractivity contribution in [3.05, 3.63) is 71.1 Å². The van der Waals surface area contributed by atoms with E-state index >= 15 is 0 Å². The molecule has 0 bridgehead atoms. The van der Waals surface area contributed by atoms with Gasteiger partial charge in [0.1, 0.15) is 23.3 Å². The maximum atomic E-state index is 14.2. The molecule has 0 aliphatic rings. The van der Waals surface area contributed by atoms with E-state index in [-0.39, 0.29) is 5.82 Å². The Balaban J connectivity index is 1.32. The van der Waals surface area contributed by atoms with Crippen LogP contribution in [0.2, 0.25) is 0 Å². The summed E-state index contributed by atoms with van der Waals surface area (Å²) in [7, 11) is 0. The first-order valence-corrected chi connectivity index (χ1v) is 10.5. The number of nitrogens with zero attached hydrogens (tertiary/aromatic N) is 3. The third-order valence-electron chi connectivity index (χ3n) is 5.66. The van der Waals surface area contributed by atoms with Crippen molar-refractivity contribution in [2.24, 2.45) is 0 Å². The summed E-state index contributed by atoms with van der Waals surface area (Å²) in [5, 5.41) is 15.7. The minimum atomic E-state index is -0.219. The molecule has 0 spiro atoms. The Morgan fingerprint density at radius 2 is 1.84 bits per heavy atom. The molecule has 0 amide bonds. The van der Waals surface area contributed by atoms with E-state index in [2.05, 4.69) is 35.8 Å². The van der Waals surface area contributed by atoms with Crippen LogP contribution in [0.4, 0.5) is 21.7 Å². The van der Waals surface area contributed by atoms with Gasteiger partial charge in [-0.05, 0) is 62.6 Å². The minimum Gasteiger partial charge on any atom is -0.370 e. The van der Waals surface area contributed by atoms with Crippen LogP contribution in [0.3, 0.4) is 0 Å². The standard InChI is InChI=1S/C24H24FN7/c1-13-4-6-19(25)24-23(13)18(14(2)28-24)8-9-26-21-11-22(30-15(3)29-21)31-17-5-7-20-16(10-17)12-27-32-20/h4-7,10-12,28H,8-9H2,1-3H3,(H,27,32)(H2,26,29,30,31). The molecule has 0 radical (unpaired) electrons. The van der Waals surface area contributed by atoms with Gasteiger partial charge in [-0.1, -0.05) is 6.07 Å². The average molecular weight is 430 g/mol. The highest BCUT2D eigenvalue weighted by atomic mass is 19.1. The second-order valence-corrected chi connectivity index (χ2v) is 8.00. The van der Waals surface area contributed by atoms with Crippen molar-refractivity contribution in [3.8, 4) is 0 Å². The highest BCUT2D eigenvalue weighted by molar-refractivity contribution is 5.88. The summed E-state index contributed by atoms with van der Waals surface area (Å²) in [5.41, 5.74) is 5.68. The number of benzene rings is 2. The van der Waals surface area contributed by atoms with Gasteiger partial charge < -0.3 is 15.6 Å². The van der Waals surface area contributed by atoms with Crippen LogP contribution in [0.1, 0.15) is 22.6 Å². The van der Waals surface area contributed by atoms with Crippen molar-refractivity contribution in [3.63, 3.8) is 0 Å². The van der Waals surface area contributed by atoms with E-state index in [0.717, 1.165) is 51.0 Å². The van der Waals surface area contributed by atoms with Gasteiger partial charge in [0.05, 0.1) is 17.2 Å². The Kier molecular flexibility index (Phi) is 4.97. The van der Waals surface area contributed by atoms with Gasteiger partial charge in [0.2, 0.25) is 0 Å². The molecule has 162 valence electrons. The molecule has 0 aliphatic heterocycles. The topological polar surface area (TPSA) is 94.3 Å². The van der Waals surface area contributed by atoms with Gasteiger partial charge >= 0.3 is 0 Å². The van der Waals surface area contributed by atoms with E-state index in [9.17, 15) is 4.39 Å². The maximum Gasteiger partial charge on any atom is 0.147 e. The van der Waals surface area contributed by atoms with Gasteiger partial charge in [-0.15, -0.1) is 0 Å². The molecule has 0 saturated heterocycles. The van der Waals surface area contributed by atoms with Crippen molar-refractivity contribution in [1.82, 2.24) is 25.1 Å². The van der Waals surface area contributed by atoms with Gasteiger partial charge in [-0.2, -0.15) is 5.10 Å². The molecular formula is C24H24FN7. The zero-order chi connectivity index (χ0) is 22.2. The van der Waals surface area contributed by atoms with Crippen molar-refractivity contribution >= 4 is 39.1 Å². The lowest BCUT2D eigenvalue weighted by Crippen LogP contribution is -2.09. The number of nitrogens with one attached hydrogen (secondary N) is 4. The number of anilines is 3. The normalized spacial score (nSPS) is 11.4. The van der Waals surface area contributed by atoms with Gasteiger partial charge in [0, 0.05) is 34.8 Å². The average Bonchev–Trinajstić information content (AvgIpc) is 3.35. The number of hydrogen-bond donors (Lipinski definition) is 4. The summed E-state index contributed by atoms with van der Waals surface area (Å²) < 4.78 is 14.2. The number of H-pyrrole nitrogens is 2. The minimum absolute atomic E-state index is 0.219. The predicted octanol–water partition coefficient (Wildman–Crippen LogP) is 5.30. The van der Waals surface area contributed by atoms with E-state index in [4.69, 9.17) is 0 Å². The molecular weight excluding hydrogens is 405 g/mol. The van der Waals surface area contributed by atoms with Crippen molar-refractivity contribution < 1.29 is 4.39 Å². The molecule has 0 saturated carbocycles.